The van der Waals surface area contributed by atoms with Crippen LogP contribution in [0.25, 0.3) is 0 Å². The van der Waals surface area contributed by atoms with Gasteiger partial charge in [-0.2, -0.15) is 0 Å². The number of likely N-dealkylation sites (N-methyl/N-ethyl adjacent to an activating group) is 1. The molecule has 2 aromatic rings. The molecule has 0 spiro atoms. The van der Waals surface area contributed by atoms with Crippen LogP contribution in [0.5, 0.6) is 11.5 Å². The van der Waals surface area contributed by atoms with Gasteiger partial charge in [0.15, 0.2) is 0 Å². The Balaban J connectivity index is 2.07. The molecule has 0 bridgehead atoms. The summed E-state index contributed by atoms with van der Waals surface area (Å²) in [5.41, 5.74) is 1.14. The average molecular weight is 306 g/mol. The highest BCUT2D eigenvalue weighted by Gasteiger charge is 2.12. The van der Waals surface area contributed by atoms with Crippen molar-refractivity contribution >= 4 is 11.6 Å². The summed E-state index contributed by atoms with van der Waals surface area (Å²) in [6.45, 7) is 3.47. The van der Waals surface area contributed by atoms with Crippen LogP contribution in [0.3, 0.4) is 0 Å². The van der Waals surface area contributed by atoms with Crippen LogP contribution >= 0.6 is 11.6 Å². The number of ether oxygens (including phenoxy) is 2. The minimum atomic E-state index is 0.101. The molecule has 112 valence electrons. The van der Waals surface area contributed by atoms with Gasteiger partial charge in [-0.05, 0) is 42.4 Å². The zero-order valence-electron chi connectivity index (χ0n) is 12.3. The fourth-order valence-electron chi connectivity index (χ4n) is 2.11. The van der Waals surface area contributed by atoms with E-state index in [1.165, 1.54) is 0 Å². The molecule has 0 saturated heterocycles. The van der Waals surface area contributed by atoms with Gasteiger partial charge in [0.25, 0.3) is 0 Å². The van der Waals surface area contributed by atoms with E-state index >= 15 is 0 Å². The van der Waals surface area contributed by atoms with Gasteiger partial charge >= 0.3 is 0 Å². The number of rotatable bonds is 7. The Morgan fingerprint density at radius 2 is 1.86 bits per heavy atom. The smallest absolute Gasteiger partial charge is 0.120 e. The fourth-order valence-corrected chi connectivity index (χ4v) is 2.29. The van der Waals surface area contributed by atoms with E-state index in [2.05, 4.69) is 18.3 Å². The summed E-state index contributed by atoms with van der Waals surface area (Å²) in [5, 5.41) is 4.10. The van der Waals surface area contributed by atoms with Crippen LogP contribution in [0.1, 0.15) is 18.5 Å². The molecule has 1 N–H and O–H groups in total. The Morgan fingerprint density at radius 3 is 2.57 bits per heavy atom. The normalized spacial score (nSPS) is 12.0. The molecule has 0 radical (unpaired) electrons. The second kappa shape index (κ2) is 7.91. The van der Waals surface area contributed by atoms with Crippen molar-refractivity contribution in [3.05, 3.63) is 59.1 Å². The van der Waals surface area contributed by atoms with Gasteiger partial charge in [-0.25, -0.2) is 0 Å². The number of benzene rings is 2. The van der Waals surface area contributed by atoms with Gasteiger partial charge in [0.1, 0.15) is 18.1 Å². The van der Waals surface area contributed by atoms with Crippen LogP contribution in [0.15, 0.2) is 48.5 Å². The van der Waals surface area contributed by atoms with E-state index < -0.39 is 0 Å². The number of hydrogen-bond donors (Lipinski definition) is 1. The van der Waals surface area contributed by atoms with Gasteiger partial charge in [0.05, 0.1) is 13.2 Å². The highest BCUT2D eigenvalue weighted by atomic mass is 35.5. The van der Waals surface area contributed by atoms with E-state index in [9.17, 15) is 0 Å². The largest absolute Gasteiger partial charge is 0.497 e. The number of methoxy groups -OCH3 is 1. The predicted octanol–water partition coefficient (Wildman–Crippen LogP) is 4.08. The minimum absolute atomic E-state index is 0.101. The van der Waals surface area contributed by atoms with E-state index in [-0.39, 0.29) is 6.04 Å². The molecule has 0 aliphatic rings. The zero-order valence-corrected chi connectivity index (χ0v) is 13.1. The topological polar surface area (TPSA) is 30.5 Å². The summed E-state index contributed by atoms with van der Waals surface area (Å²) < 4.78 is 11.1. The number of hydrogen-bond acceptors (Lipinski definition) is 3. The summed E-state index contributed by atoms with van der Waals surface area (Å²) in [6, 6.07) is 15.5. The Kier molecular flexibility index (Phi) is 5.90. The van der Waals surface area contributed by atoms with Crippen LogP contribution in [-0.4, -0.2) is 20.3 Å². The monoisotopic (exact) mass is 305 g/mol. The highest BCUT2D eigenvalue weighted by Crippen LogP contribution is 2.22. The first-order valence-electron chi connectivity index (χ1n) is 6.98. The molecule has 0 aliphatic carbocycles. The van der Waals surface area contributed by atoms with E-state index in [4.69, 9.17) is 21.1 Å². The molecule has 1 atom stereocenters. The molecule has 2 aromatic carbocycles. The molecule has 1 unspecified atom stereocenters. The van der Waals surface area contributed by atoms with Gasteiger partial charge in [0.2, 0.25) is 0 Å². The van der Waals surface area contributed by atoms with Crippen LogP contribution in [0.2, 0.25) is 5.02 Å². The first kappa shape index (κ1) is 15.7. The lowest BCUT2D eigenvalue weighted by Gasteiger charge is -2.19. The number of halogens is 1. The zero-order chi connectivity index (χ0) is 15.1. The van der Waals surface area contributed by atoms with Crippen LogP contribution < -0.4 is 14.8 Å². The Labute approximate surface area is 130 Å². The summed E-state index contributed by atoms with van der Waals surface area (Å²) >= 11 is 5.97. The maximum atomic E-state index is 5.97. The van der Waals surface area contributed by atoms with Gasteiger partial charge < -0.3 is 14.8 Å². The van der Waals surface area contributed by atoms with Crippen LogP contribution in [0, 0.1) is 0 Å². The van der Waals surface area contributed by atoms with E-state index in [0.29, 0.717) is 11.6 Å². The fraction of sp³-hybridized carbons (Fsp3) is 0.294. The van der Waals surface area contributed by atoms with E-state index in [1.807, 2.05) is 42.5 Å². The van der Waals surface area contributed by atoms with Crippen molar-refractivity contribution < 1.29 is 9.47 Å². The summed E-state index contributed by atoms with van der Waals surface area (Å²) in [6.07, 6.45) is 0. The Morgan fingerprint density at radius 1 is 1.10 bits per heavy atom. The number of nitrogens with one attached hydrogen (secondary N) is 1. The molecule has 4 heteroatoms. The van der Waals surface area contributed by atoms with Gasteiger partial charge in [0, 0.05) is 5.02 Å². The summed E-state index contributed by atoms with van der Waals surface area (Å²) in [4.78, 5) is 0. The third kappa shape index (κ3) is 4.66. The van der Waals surface area contributed by atoms with Gasteiger partial charge in [-0.1, -0.05) is 36.7 Å². The van der Waals surface area contributed by atoms with Crippen molar-refractivity contribution in [2.75, 3.05) is 20.3 Å². The lowest BCUT2D eigenvalue weighted by Crippen LogP contribution is -2.26. The lowest BCUT2D eigenvalue weighted by molar-refractivity contribution is 0.268. The quantitative estimate of drug-likeness (QED) is 0.836. The maximum Gasteiger partial charge on any atom is 0.120 e. The molecule has 0 aliphatic heterocycles. The molecular formula is C17H20ClNO2. The average Bonchev–Trinajstić information content (AvgIpc) is 2.51. The summed E-state index contributed by atoms with van der Waals surface area (Å²) in [7, 11) is 1.67. The molecule has 3 nitrogen and oxygen atoms in total. The summed E-state index contributed by atoms with van der Waals surface area (Å²) in [5.74, 6) is 1.62. The Bertz CT molecular complexity index is 574. The maximum absolute atomic E-state index is 5.97. The lowest BCUT2D eigenvalue weighted by atomic mass is 10.1. The molecule has 0 fully saturated rings. The third-order valence-electron chi connectivity index (χ3n) is 3.16. The van der Waals surface area contributed by atoms with Crippen molar-refractivity contribution in [1.29, 1.82) is 0 Å². The third-order valence-corrected chi connectivity index (χ3v) is 3.39. The second-order valence-corrected chi connectivity index (χ2v) is 5.09. The minimum Gasteiger partial charge on any atom is -0.497 e. The standard InChI is InChI=1S/C17H20ClNO2/c1-3-19-17(13-6-4-8-15(10-13)20-2)12-21-16-9-5-7-14(18)11-16/h4-11,17,19H,3,12H2,1-2H3. The van der Waals surface area contributed by atoms with E-state index in [0.717, 1.165) is 23.6 Å². The molecule has 0 aromatic heterocycles. The molecule has 0 heterocycles. The molecule has 0 amide bonds. The van der Waals surface area contributed by atoms with Crippen LogP contribution in [0.4, 0.5) is 0 Å². The van der Waals surface area contributed by atoms with Crippen molar-refractivity contribution in [1.82, 2.24) is 5.32 Å². The van der Waals surface area contributed by atoms with Gasteiger partial charge in [-0.15, -0.1) is 0 Å². The van der Waals surface area contributed by atoms with Gasteiger partial charge in [-0.3, -0.25) is 0 Å². The molecule has 21 heavy (non-hydrogen) atoms. The molecule has 2 rings (SSSR count). The van der Waals surface area contributed by atoms with Crippen molar-refractivity contribution in [3.63, 3.8) is 0 Å². The van der Waals surface area contributed by atoms with Crippen molar-refractivity contribution in [3.8, 4) is 11.5 Å². The second-order valence-electron chi connectivity index (χ2n) is 4.66. The molecular weight excluding hydrogens is 286 g/mol. The highest BCUT2D eigenvalue weighted by molar-refractivity contribution is 6.30. The predicted molar refractivity (Wildman–Crippen MR) is 86.4 cm³/mol. The molecule has 0 saturated carbocycles. The Hall–Kier alpha value is -1.71. The van der Waals surface area contributed by atoms with E-state index in [1.54, 1.807) is 7.11 Å². The SMILES string of the molecule is CCNC(COc1cccc(Cl)c1)c1cccc(OC)c1. The first-order valence-corrected chi connectivity index (χ1v) is 7.36. The van der Waals surface area contributed by atoms with Crippen molar-refractivity contribution in [2.24, 2.45) is 0 Å². The van der Waals surface area contributed by atoms with Crippen LogP contribution in [-0.2, 0) is 0 Å². The first-order chi connectivity index (χ1) is 10.2. The van der Waals surface area contributed by atoms with Crippen molar-refractivity contribution in [2.45, 2.75) is 13.0 Å².